The van der Waals surface area contributed by atoms with E-state index in [2.05, 4.69) is 29.7 Å². The molecular formula is C26H35FN4O4Si. The first-order chi connectivity index (χ1) is 17.1. The molecule has 8 nitrogen and oxygen atoms in total. The van der Waals surface area contributed by atoms with Crippen molar-refractivity contribution in [1.82, 2.24) is 19.7 Å². The van der Waals surface area contributed by atoms with Crippen LogP contribution in [0.2, 0.25) is 25.7 Å². The standard InChI is InChI=1S/C26H35FN4O4Si/c1-36(2,3)11-10-35-16-31-23(19-12-21(17-4-5-17)28-15-20(19)27)13-22(29-31)24(32)30-9-6-18(25(33)34)14-26(30)7-8-26/h12-13,15,17-18H,4-11,14,16H2,1-3H3,(H,33,34). The molecule has 1 atom stereocenters. The summed E-state index contributed by atoms with van der Waals surface area (Å²) >= 11 is 0. The molecule has 5 rings (SSSR count). The maximum absolute atomic E-state index is 15.0. The Morgan fingerprint density at radius 1 is 1.22 bits per heavy atom. The number of pyridine rings is 1. The average Bonchev–Trinajstić information content (AvgIpc) is 3.75. The summed E-state index contributed by atoms with van der Waals surface area (Å²) in [7, 11) is -1.28. The van der Waals surface area contributed by atoms with Crippen LogP contribution in [0.4, 0.5) is 4.39 Å². The molecule has 0 bridgehead atoms. The van der Waals surface area contributed by atoms with Crippen LogP contribution in [0.5, 0.6) is 0 Å². The number of halogens is 1. The normalized spacial score (nSPS) is 21.1. The van der Waals surface area contributed by atoms with Crippen molar-refractivity contribution >= 4 is 20.0 Å². The molecule has 10 heteroatoms. The third-order valence-corrected chi connectivity index (χ3v) is 9.38. The van der Waals surface area contributed by atoms with Crippen LogP contribution in [0.1, 0.15) is 60.6 Å². The Labute approximate surface area is 211 Å². The van der Waals surface area contributed by atoms with Crippen LogP contribution >= 0.6 is 0 Å². The van der Waals surface area contributed by atoms with Gasteiger partial charge < -0.3 is 14.7 Å². The summed E-state index contributed by atoms with van der Waals surface area (Å²) in [5.41, 5.74) is 1.58. The average molecular weight is 515 g/mol. The largest absolute Gasteiger partial charge is 0.481 e. The van der Waals surface area contributed by atoms with Gasteiger partial charge in [0.1, 0.15) is 6.73 Å². The Morgan fingerprint density at radius 2 is 1.97 bits per heavy atom. The van der Waals surface area contributed by atoms with E-state index in [0.29, 0.717) is 43.2 Å². The van der Waals surface area contributed by atoms with Crippen molar-refractivity contribution in [2.24, 2.45) is 5.92 Å². The molecule has 2 aliphatic carbocycles. The summed E-state index contributed by atoms with van der Waals surface area (Å²) in [6, 6.07) is 4.42. The SMILES string of the molecule is C[Si](C)(C)CCOCn1nc(C(=O)N2CCC(C(=O)O)CC23CC3)cc1-c1cc(C2CC2)ncc1F. The molecule has 1 spiro atoms. The van der Waals surface area contributed by atoms with Gasteiger partial charge in [0.2, 0.25) is 0 Å². The van der Waals surface area contributed by atoms with Gasteiger partial charge in [0, 0.05) is 43.9 Å². The number of nitrogens with zero attached hydrogens (tertiary/aromatic N) is 4. The van der Waals surface area contributed by atoms with E-state index < -0.39 is 31.3 Å². The number of carbonyl (C=O) groups is 2. The molecule has 1 amide bonds. The second kappa shape index (κ2) is 9.37. The van der Waals surface area contributed by atoms with E-state index in [1.54, 1.807) is 21.7 Å². The van der Waals surface area contributed by atoms with Crippen molar-refractivity contribution in [2.45, 2.75) is 82.4 Å². The fraction of sp³-hybridized carbons (Fsp3) is 0.615. The van der Waals surface area contributed by atoms with E-state index in [0.717, 1.165) is 37.4 Å². The van der Waals surface area contributed by atoms with Gasteiger partial charge in [-0.2, -0.15) is 5.10 Å². The number of rotatable bonds is 9. The number of aromatic nitrogens is 3. The molecule has 194 valence electrons. The van der Waals surface area contributed by atoms with Crippen molar-refractivity contribution in [3.05, 3.63) is 35.5 Å². The number of hydrogen-bond acceptors (Lipinski definition) is 5. The molecule has 2 aromatic heterocycles. The summed E-state index contributed by atoms with van der Waals surface area (Å²) in [6.07, 6.45) is 5.87. The van der Waals surface area contributed by atoms with Crippen molar-refractivity contribution in [1.29, 1.82) is 0 Å². The summed E-state index contributed by atoms with van der Waals surface area (Å²) in [5, 5.41) is 14.1. The van der Waals surface area contributed by atoms with Crippen LogP contribution in [0.3, 0.4) is 0 Å². The first kappa shape index (κ1) is 25.1. The summed E-state index contributed by atoms with van der Waals surface area (Å²) in [6.45, 7) is 7.93. The van der Waals surface area contributed by atoms with Crippen molar-refractivity contribution < 1.29 is 23.8 Å². The van der Waals surface area contributed by atoms with E-state index in [9.17, 15) is 19.1 Å². The minimum Gasteiger partial charge on any atom is -0.481 e. The fourth-order valence-electron chi connectivity index (χ4n) is 5.10. The maximum Gasteiger partial charge on any atom is 0.306 e. The van der Waals surface area contributed by atoms with Gasteiger partial charge in [0.25, 0.3) is 5.91 Å². The highest BCUT2D eigenvalue weighted by Crippen LogP contribution is 2.50. The highest BCUT2D eigenvalue weighted by molar-refractivity contribution is 6.76. The monoisotopic (exact) mass is 514 g/mol. The lowest BCUT2D eigenvalue weighted by Gasteiger charge is -2.38. The second-order valence-corrected chi connectivity index (χ2v) is 17.5. The number of hydrogen-bond donors (Lipinski definition) is 1. The van der Waals surface area contributed by atoms with Gasteiger partial charge in [-0.05, 0) is 56.7 Å². The third kappa shape index (κ3) is 5.24. The molecule has 0 aromatic carbocycles. The molecule has 0 radical (unpaired) electrons. The van der Waals surface area contributed by atoms with Crippen molar-refractivity contribution in [3.8, 4) is 11.3 Å². The van der Waals surface area contributed by atoms with Gasteiger partial charge >= 0.3 is 5.97 Å². The van der Waals surface area contributed by atoms with Gasteiger partial charge in [-0.1, -0.05) is 19.6 Å². The number of carbonyl (C=O) groups excluding carboxylic acids is 1. The number of amides is 1. The first-order valence-electron chi connectivity index (χ1n) is 12.9. The molecule has 3 heterocycles. The van der Waals surface area contributed by atoms with Crippen LogP contribution in [0, 0.1) is 11.7 Å². The summed E-state index contributed by atoms with van der Waals surface area (Å²) < 4.78 is 22.5. The van der Waals surface area contributed by atoms with Crippen LogP contribution < -0.4 is 0 Å². The van der Waals surface area contributed by atoms with Gasteiger partial charge in [0.15, 0.2) is 11.5 Å². The number of carboxylic acids is 1. The zero-order chi connectivity index (χ0) is 25.7. The Morgan fingerprint density at radius 3 is 2.61 bits per heavy atom. The lowest BCUT2D eigenvalue weighted by atomic mass is 9.89. The topological polar surface area (TPSA) is 97.6 Å². The Bertz CT molecular complexity index is 1170. The zero-order valence-electron chi connectivity index (χ0n) is 21.3. The van der Waals surface area contributed by atoms with Gasteiger partial charge in [0.05, 0.1) is 17.8 Å². The smallest absolute Gasteiger partial charge is 0.306 e. The predicted molar refractivity (Wildman–Crippen MR) is 135 cm³/mol. The predicted octanol–water partition coefficient (Wildman–Crippen LogP) is 4.74. The van der Waals surface area contributed by atoms with Gasteiger partial charge in [-0.3, -0.25) is 14.6 Å². The van der Waals surface area contributed by atoms with E-state index in [-0.39, 0.29) is 18.3 Å². The van der Waals surface area contributed by atoms with Crippen LogP contribution in [-0.2, 0) is 16.3 Å². The molecule has 2 aromatic rings. The first-order valence-corrected chi connectivity index (χ1v) is 16.6. The number of piperidine rings is 1. The Balaban J connectivity index is 1.42. The quantitative estimate of drug-likeness (QED) is 0.383. The lowest BCUT2D eigenvalue weighted by molar-refractivity contribution is -0.144. The molecule has 1 saturated heterocycles. The van der Waals surface area contributed by atoms with Crippen LogP contribution in [0.25, 0.3) is 11.3 Å². The molecule has 36 heavy (non-hydrogen) atoms. The zero-order valence-corrected chi connectivity index (χ0v) is 22.3. The molecule has 1 unspecified atom stereocenters. The van der Waals surface area contributed by atoms with E-state index >= 15 is 0 Å². The number of aliphatic carboxylic acids is 1. The minimum absolute atomic E-state index is 0.125. The summed E-state index contributed by atoms with van der Waals surface area (Å²) in [4.78, 5) is 31.2. The second-order valence-electron chi connectivity index (χ2n) is 11.8. The van der Waals surface area contributed by atoms with Crippen molar-refractivity contribution in [2.75, 3.05) is 13.2 Å². The van der Waals surface area contributed by atoms with Gasteiger partial charge in [-0.25, -0.2) is 9.07 Å². The highest BCUT2D eigenvalue weighted by Gasteiger charge is 2.54. The molecule has 3 fully saturated rings. The van der Waals surface area contributed by atoms with Crippen LogP contribution in [-0.4, -0.2) is 63.4 Å². The molecule has 1 N–H and O–H groups in total. The maximum atomic E-state index is 15.0. The van der Waals surface area contributed by atoms with Gasteiger partial charge in [-0.15, -0.1) is 0 Å². The van der Waals surface area contributed by atoms with E-state index in [1.165, 1.54) is 6.20 Å². The molecule has 2 saturated carbocycles. The number of carboxylic acid groups (broad SMARTS) is 1. The number of likely N-dealkylation sites (tertiary alicyclic amines) is 1. The third-order valence-electron chi connectivity index (χ3n) is 7.68. The van der Waals surface area contributed by atoms with E-state index in [4.69, 9.17) is 4.74 Å². The Hall–Kier alpha value is -2.59. The number of ether oxygens (including phenoxy) is 1. The summed E-state index contributed by atoms with van der Waals surface area (Å²) in [5.74, 6) is -1.54. The lowest BCUT2D eigenvalue weighted by Crippen LogP contribution is -2.49. The molecular weight excluding hydrogens is 479 g/mol. The molecule has 1 aliphatic heterocycles. The Kier molecular flexibility index (Phi) is 6.53. The minimum atomic E-state index is -1.28. The van der Waals surface area contributed by atoms with Crippen LogP contribution in [0.15, 0.2) is 18.3 Å². The fourth-order valence-corrected chi connectivity index (χ4v) is 5.85. The van der Waals surface area contributed by atoms with Crippen molar-refractivity contribution in [3.63, 3.8) is 0 Å². The van der Waals surface area contributed by atoms with E-state index in [1.807, 2.05) is 0 Å². The molecule has 3 aliphatic rings. The highest BCUT2D eigenvalue weighted by atomic mass is 28.3.